The van der Waals surface area contributed by atoms with Crippen LogP contribution in [0.4, 0.5) is 4.79 Å². The van der Waals surface area contributed by atoms with Crippen LogP contribution in [0.1, 0.15) is 13.8 Å². The molecule has 0 aliphatic heterocycles. The highest BCUT2D eigenvalue weighted by Crippen LogP contribution is 2.24. The van der Waals surface area contributed by atoms with E-state index in [0.29, 0.717) is 25.6 Å². The molecule has 0 atom stereocenters. The third-order valence-electron chi connectivity index (χ3n) is 3.07. The van der Waals surface area contributed by atoms with E-state index in [1.54, 1.807) is 0 Å². The van der Waals surface area contributed by atoms with Crippen molar-refractivity contribution in [2.75, 3.05) is 19.7 Å². The minimum absolute atomic E-state index is 0.148. The van der Waals surface area contributed by atoms with Crippen molar-refractivity contribution in [3.05, 3.63) is 42.5 Å². The fourth-order valence-electron chi connectivity index (χ4n) is 2.01. The second kappa shape index (κ2) is 7.53. The van der Waals surface area contributed by atoms with Gasteiger partial charge in [0.1, 0.15) is 12.4 Å². The van der Waals surface area contributed by atoms with E-state index in [2.05, 4.69) is 36.6 Å². The minimum Gasteiger partial charge on any atom is -0.491 e. The van der Waals surface area contributed by atoms with Gasteiger partial charge in [-0.25, -0.2) is 4.79 Å². The lowest BCUT2D eigenvalue weighted by molar-refractivity contribution is 0.235. The Morgan fingerprint density at radius 3 is 2.67 bits per heavy atom. The molecule has 0 aromatic heterocycles. The number of amides is 2. The fourth-order valence-corrected chi connectivity index (χ4v) is 2.01. The van der Waals surface area contributed by atoms with Crippen LogP contribution in [-0.4, -0.2) is 25.7 Å². The Kier molecular flexibility index (Phi) is 5.43. The third-order valence-corrected chi connectivity index (χ3v) is 3.07. The van der Waals surface area contributed by atoms with E-state index in [-0.39, 0.29) is 6.03 Å². The van der Waals surface area contributed by atoms with Gasteiger partial charge in [-0.15, -0.1) is 0 Å². The summed E-state index contributed by atoms with van der Waals surface area (Å²) >= 11 is 0. The van der Waals surface area contributed by atoms with Crippen molar-refractivity contribution < 1.29 is 9.53 Å². The number of carbonyl (C=O) groups excluding carboxylic acids is 1. The lowest BCUT2D eigenvalue weighted by Gasteiger charge is -2.11. The lowest BCUT2D eigenvalue weighted by atomic mass is 10.1. The molecule has 0 saturated heterocycles. The average molecular weight is 286 g/mol. The maximum absolute atomic E-state index is 11.5. The summed E-state index contributed by atoms with van der Waals surface area (Å²) in [6.45, 7) is 5.72. The molecule has 2 rings (SSSR count). The Hall–Kier alpha value is -2.23. The van der Waals surface area contributed by atoms with Crippen LogP contribution in [0.25, 0.3) is 10.8 Å². The van der Waals surface area contributed by atoms with Crippen LogP contribution in [-0.2, 0) is 0 Å². The number of benzene rings is 2. The molecule has 4 nitrogen and oxygen atoms in total. The normalized spacial score (nSPS) is 10.6. The zero-order valence-electron chi connectivity index (χ0n) is 12.6. The summed E-state index contributed by atoms with van der Waals surface area (Å²) in [5.74, 6) is 1.29. The summed E-state index contributed by atoms with van der Waals surface area (Å²) < 4.78 is 5.75. The molecule has 2 amide bonds. The summed E-state index contributed by atoms with van der Waals surface area (Å²) in [6.07, 6.45) is 0. The second-order valence-corrected chi connectivity index (χ2v) is 5.36. The van der Waals surface area contributed by atoms with Crippen molar-refractivity contribution in [1.29, 1.82) is 0 Å². The quantitative estimate of drug-likeness (QED) is 0.801. The molecule has 112 valence electrons. The van der Waals surface area contributed by atoms with Crippen LogP contribution in [0.3, 0.4) is 0 Å². The van der Waals surface area contributed by atoms with E-state index >= 15 is 0 Å². The van der Waals surface area contributed by atoms with Gasteiger partial charge in [-0.1, -0.05) is 50.2 Å². The van der Waals surface area contributed by atoms with Gasteiger partial charge in [-0.3, -0.25) is 0 Å². The molecule has 0 spiro atoms. The highest BCUT2D eigenvalue weighted by atomic mass is 16.5. The molecule has 2 aromatic rings. The Balaban J connectivity index is 1.79. The van der Waals surface area contributed by atoms with Crippen LogP contribution in [0.15, 0.2) is 42.5 Å². The van der Waals surface area contributed by atoms with Gasteiger partial charge in [0, 0.05) is 11.9 Å². The average Bonchev–Trinajstić information content (AvgIpc) is 2.49. The van der Waals surface area contributed by atoms with E-state index in [1.165, 1.54) is 0 Å². The van der Waals surface area contributed by atoms with Crippen molar-refractivity contribution >= 4 is 16.8 Å². The molecule has 4 heteroatoms. The first-order valence-corrected chi connectivity index (χ1v) is 7.29. The standard InChI is InChI=1S/C17H22N2O2/c1-13(2)12-19-17(20)18-10-11-21-16-9-5-7-14-6-3-4-8-15(14)16/h3-9,13H,10-12H2,1-2H3,(H2,18,19,20). The predicted octanol–water partition coefficient (Wildman–Crippen LogP) is 3.17. The molecule has 0 radical (unpaired) electrons. The van der Waals surface area contributed by atoms with E-state index < -0.39 is 0 Å². The molecule has 2 aromatic carbocycles. The molecule has 0 unspecified atom stereocenters. The first-order chi connectivity index (χ1) is 10.2. The SMILES string of the molecule is CC(C)CNC(=O)NCCOc1cccc2ccccc12. The highest BCUT2D eigenvalue weighted by molar-refractivity contribution is 5.88. The first-order valence-electron chi connectivity index (χ1n) is 7.29. The predicted molar refractivity (Wildman–Crippen MR) is 85.7 cm³/mol. The summed E-state index contributed by atoms with van der Waals surface area (Å²) in [5.41, 5.74) is 0. The number of urea groups is 1. The van der Waals surface area contributed by atoms with Gasteiger partial charge in [0.2, 0.25) is 0 Å². The van der Waals surface area contributed by atoms with Gasteiger partial charge in [0.05, 0.1) is 6.54 Å². The molecular formula is C17H22N2O2. The molecule has 0 aliphatic rings. The van der Waals surface area contributed by atoms with Gasteiger partial charge in [-0.05, 0) is 17.4 Å². The maximum atomic E-state index is 11.5. The van der Waals surface area contributed by atoms with E-state index in [1.807, 2.05) is 30.3 Å². The minimum atomic E-state index is -0.148. The molecule has 21 heavy (non-hydrogen) atoms. The first kappa shape index (κ1) is 15.2. The summed E-state index contributed by atoms with van der Waals surface area (Å²) in [7, 11) is 0. The van der Waals surface area contributed by atoms with Crippen LogP contribution < -0.4 is 15.4 Å². The van der Waals surface area contributed by atoms with Gasteiger partial charge in [0.15, 0.2) is 0 Å². The van der Waals surface area contributed by atoms with Crippen molar-refractivity contribution in [1.82, 2.24) is 10.6 Å². The van der Waals surface area contributed by atoms with Crippen molar-refractivity contribution in [3.63, 3.8) is 0 Å². The number of carbonyl (C=O) groups is 1. The van der Waals surface area contributed by atoms with E-state index in [4.69, 9.17) is 4.74 Å². The van der Waals surface area contributed by atoms with Gasteiger partial charge in [-0.2, -0.15) is 0 Å². The van der Waals surface area contributed by atoms with Crippen LogP contribution in [0.5, 0.6) is 5.75 Å². The Bertz CT molecular complexity index is 591. The number of ether oxygens (including phenoxy) is 1. The number of nitrogens with one attached hydrogen (secondary N) is 2. The van der Waals surface area contributed by atoms with E-state index in [9.17, 15) is 4.79 Å². The molecule has 2 N–H and O–H groups in total. The third kappa shape index (κ3) is 4.67. The zero-order valence-corrected chi connectivity index (χ0v) is 12.6. The Morgan fingerprint density at radius 2 is 1.86 bits per heavy atom. The molecule has 0 bridgehead atoms. The van der Waals surface area contributed by atoms with Crippen molar-refractivity contribution in [3.8, 4) is 5.75 Å². The molecular weight excluding hydrogens is 264 g/mol. The Labute approximate surface area is 125 Å². The van der Waals surface area contributed by atoms with Crippen LogP contribution >= 0.6 is 0 Å². The van der Waals surface area contributed by atoms with Crippen LogP contribution in [0, 0.1) is 5.92 Å². The van der Waals surface area contributed by atoms with Crippen LogP contribution in [0.2, 0.25) is 0 Å². The number of rotatable bonds is 6. The molecule has 0 saturated carbocycles. The summed E-state index contributed by atoms with van der Waals surface area (Å²) in [5, 5.41) is 7.82. The molecule has 0 aliphatic carbocycles. The van der Waals surface area contributed by atoms with Gasteiger partial charge < -0.3 is 15.4 Å². The second-order valence-electron chi connectivity index (χ2n) is 5.36. The molecule has 0 fully saturated rings. The smallest absolute Gasteiger partial charge is 0.314 e. The Morgan fingerprint density at radius 1 is 1.10 bits per heavy atom. The maximum Gasteiger partial charge on any atom is 0.314 e. The number of hydrogen-bond donors (Lipinski definition) is 2. The lowest BCUT2D eigenvalue weighted by Crippen LogP contribution is -2.39. The van der Waals surface area contributed by atoms with Crippen molar-refractivity contribution in [2.45, 2.75) is 13.8 Å². The summed E-state index contributed by atoms with van der Waals surface area (Å²) in [6, 6.07) is 13.9. The van der Waals surface area contributed by atoms with E-state index in [0.717, 1.165) is 16.5 Å². The fraction of sp³-hybridized carbons (Fsp3) is 0.353. The largest absolute Gasteiger partial charge is 0.491 e. The highest BCUT2D eigenvalue weighted by Gasteiger charge is 2.03. The van der Waals surface area contributed by atoms with Crippen molar-refractivity contribution in [2.24, 2.45) is 5.92 Å². The van der Waals surface area contributed by atoms with Gasteiger partial charge in [0.25, 0.3) is 0 Å². The monoisotopic (exact) mass is 286 g/mol. The number of hydrogen-bond acceptors (Lipinski definition) is 2. The summed E-state index contributed by atoms with van der Waals surface area (Å²) in [4.78, 5) is 11.5. The topological polar surface area (TPSA) is 50.4 Å². The zero-order chi connectivity index (χ0) is 15.1. The molecule has 0 heterocycles. The van der Waals surface area contributed by atoms with Gasteiger partial charge >= 0.3 is 6.03 Å². The number of fused-ring (bicyclic) bond motifs is 1.